The van der Waals surface area contributed by atoms with Crippen LogP contribution in [0.2, 0.25) is 0 Å². The Morgan fingerprint density at radius 3 is 2.27 bits per heavy atom. The van der Waals surface area contributed by atoms with Gasteiger partial charge in [-0.05, 0) is 131 Å². The van der Waals surface area contributed by atoms with Gasteiger partial charge in [0, 0.05) is 37.4 Å². The van der Waals surface area contributed by atoms with Crippen LogP contribution in [0.15, 0.2) is 0 Å². The van der Waals surface area contributed by atoms with E-state index in [1.165, 1.54) is 12.8 Å². The van der Waals surface area contributed by atoms with E-state index in [1.54, 1.807) is 18.7 Å². The van der Waals surface area contributed by atoms with Crippen molar-refractivity contribution in [3.8, 4) is 0 Å². The predicted molar refractivity (Wildman–Crippen MR) is 206 cm³/mol. The molecule has 0 aromatic heterocycles. The highest BCUT2D eigenvalue weighted by Crippen LogP contribution is 2.89. The van der Waals surface area contributed by atoms with Crippen molar-refractivity contribution in [2.75, 3.05) is 32.8 Å². The standard InChI is InChI=1S/C44H72N2O9/c1-25-19-27(35(48)40(7,8)51)53-34-33(25)41(9)15-16-44-24-43(44)14-13-30(39(5,6)28(43)11-12-29(44)42(41,10)36(34)49)54-32-23-45(17-18-52-32)31(47)20-26-21-46(22-26)37(50)55-38(2,3)4/h25-30,32-36,48-49,51H,11-24H2,1-10H3/t25-,27-,28+,29+,30?,32?,33?,34+,35+,36+,41-,42-,43?,44+/m1/s1. The molecule has 8 aliphatic rings. The first-order valence-corrected chi connectivity index (χ1v) is 21.8. The fourth-order valence-electron chi connectivity index (χ4n) is 14.9. The second-order valence-corrected chi connectivity index (χ2v) is 22.4. The van der Waals surface area contributed by atoms with Crippen molar-refractivity contribution in [3.05, 3.63) is 0 Å². The minimum absolute atomic E-state index is 0.0316. The van der Waals surface area contributed by atoms with Crippen LogP contribution in [0.25, 0.3) is 0 Å². The number of morpholine rings is 1. The molecule has 14 atom stereocenters. The average molecular weight is 773 g/mol. The highest BCUT2D eigenvalue weighted by atomic mass is 16.7. The van der Waals surface area contributed by atoms with E-state index < -0.39 is 35.8 Å². The van der Waals surface area contributed by atoms with Crippen LogP contribution in [0.1, 0.15) is 127 Å². The first-order valence-electron chi connectivity index (χ1n) is 21.8. The molecule has 3 aliphatic heterocycles. The summed E-state index contributed by atoms with van der Waals surface area (Å²) < 4.78 is 25.2. The maximum atomic E-state index is 13.4. The Kier molecular flexibility index (Phi) is 9.52. The molecule has 0 bridgehead atoms. The minimum atomic E-state index is -1.27. The molecule has 3 saturated heterocycles. The van der Waals surface area contributed by atoms with Gasteiger partial charge in [-0.25, -0.2) is 4.79 Å². The molecule has 8 fully saturated rings. The summed E-state index contributed by atoms with van der Waals surface area (Å²) in [6.07, 6.45) is 5.70. The van der Waals surface area contributed by atoms with Gasteiger partial charge in [-0.2, -0.15) is 0 Å². The van der Waals surface area contributed by atoms with Crippen molar-refractivity contribution in [3.63, 3.8) is 0 Å². The topological polar surface area (TPSA) is 138 Å². The molecule has 3 heterocycles. The molecular weight excluding hydrogens is 700 g/mol. The van der Waals surface area contributed by atoms with E-state index in [-0.39, 0.29) is 69.0 Å². The van der Waals surface area contributed by atoms with Crippen molar-refractivity contribution in [1.82, 2.24) is 9.80 Å². The van der Waals surface area contributed by atoms with Gasteiger partial charge < -0.3 is 44.1 Å². The van der Waals surface area contributed by atoms with Crippen molar-refractivity contribution < 1.29 is 43.9 Å². The molecule has 4 unspecified atom stereocenters. The van der Waals surface area contributed by atoms with Crippen LogP contribution in [-0.2, 0) is 23.7 Å². The summed E-state index contributed by atoms with van der Waals surface area (Å²) in [5.74, 6) is 1.65. The van der Waals surface area contributed by atoms with Crippen LogP contribution in [0.5, 0.6) is 0 Å². The zero-order chi connectivity index (χ0) is 39.9. The minimum Gasteiger partial charge on any atom is -0.444 e. The number of ether oxygens (including phenoxy) is 4. The molecule has 11 heteroatoms. The van der Waals surface area contributed by atoms with Crippen LogP contribution < -0.4 is 0 Å². The lowest BCUT2D eigenvalue weighted by Crippen LogP contribution is -2.60. The van der Waals surface area contributed by atoms with E-state index in [2.05, 4.69) is 34.6 Å². The van der Waals surface area contributed by atoms with Crippen LogP contribution in [-0.4, -0.2) is 118 Å². The van der Waals surface area contributed by atoms with Gasteiger partial charge >= 0.3 is 6.09 Å². The average Bonchev–Trinajstić information content (AvgIpc) is 3.70. The van der Waals surface area contributed by atoms with E-state index in [0.29, 0.717) is 57.5 Å². The third-order valence-electron chi connectivity index (χ3n) is 17.6. The second-order valence-electron chi connectivity index (χ2n) is 22.4. The van der Waals surface area contributed by atoms with Gasteiger partial charge in [0.05, 0.1) is 43.2 Å². The molecule has 11 nitrogen and oxygen atoms in total. The molecule has 3 N–H and O–H groups in total. The third-order valence-corrected chi connectivity index (χ3v) is 17.6. The van der Waals surface area contributed by atoms with Gasteiger partial charge in [0.1, 0.15) is 11.7 Å². The number of aliphatic hydroxyl groups excluding tert-OH is 2. The summed E-state index contributed by atoms with van der Waals surface area (Å²) in [6.45, 7) is 23.3. The van der Waals surface area contributed by atoms with Gasteiger partial charge in [0.15, 0.2) is 6.29 Å². The first kappa shape index (κ1) is 40.3. The van der Waals surface area contributed by atoms with Crippen LogP contribution in [0, 0.1) is 56.7 Å². The lowest BCUT2D eigenvalue weighted by Gasteiger charge is -2.64. The fraction of sp³-hybridized carbons (Fsp3) is 0.955. The quantitative estimate of drug-likeness (QED) is 0.308. The molecule has 55 heavy (non-hydrogen) atoms. The largest absolute Gasteiger partial charge is 0.444 e. The van der Waals surface area contributed by atoms with Gasteiger partial charge in [0.2, 0.25) is 5.91 Å². The van der Waals surface area contributed by atoms with E-state index in [9.17, 15) is 24.9 Å². The molecule has 0 aromatic carbocycles. The lowest BCUT2D eigenvalue weighted by molar-refractivity contribution is -0.248. The van der Waals surface area contributed by atoms with E-state index in [4.69, 9.17) is 18.9 Å². The highest BCUT2D eigenvalue weighted by Gasteiger charge is 2.84. The summed E-state index contributed by atoms with van der Waals surface area (Å²) in [5, 5.41) is 34.3. The number of nitrogens with zero attached hydrogens (tertiary/aromatic N) is 2. The smallest absolute Gasteiger partial charge is 0.410 e. The number of carbonyl (C=O) groups is 2. The van der Waals surface area contributed by atoms with Gasteiger partial charge in [-0.3, -0.25) is 4.79 Å². The number of rotatable bonds is 6. The first-order chi connectivity index (χ1) is 25.5. The summed E-state index contributed by atoms with van der Waals surface area (Å²) in [6, 6.07) is 0. The zero-order valence-corrected chi connectivity index (χ0v) is 35.4. The van der Waals surface area contributed by atoms with Gasteiger partial charge in [-0.1, -0.05) is 34.6 Å². The van der Waals surface area contributed by atoms with E-state index in [1.807, 2.05) is 25.7 Å². The maximum absolute atomic E-state index is 13.4. The second kappa shape index (κ2) is 13.0. The number of fused-ring (bicyclic) bond motifs is 4. The number of carbonyl (C=O) groups excluding carboxylic acids is 2. The Labute approximate surface area is 329 Å². The van der Waals surface area contributed by atoms with Crippen LogP contribution in [0.3, 0.4) is 0 Å². The van der Waals surface area contributed by atoms with Gasteiger partial charge in [-0.15, -0.1) is 0 Å². The molecule has 0 aromatic rings. The molecular formula is C44H72N2O9. The SMILES string of the molecule is C[C@@H]1C[C@H]([C@H](O)C(C)(C)O)O[C@H]2C1[C@@]1(C)CC[C@@]34CC35CCC(OC3CN(C(=O)CC6CN(C(=O)OC(C)(C)C)C6)CCO3)C(C)(C)[C@@H]5CC[C@H]4[C@]1(C)[C@H]2O. The fourth-order valence-corrected chi connectivity index (χ4v) is 14.9. The van der Waals surface area contributed by atoms with Crippen molar-refractivity contribution >= 4 is 12.0 Å². The van der Waals surface area contributed by atoms with Crippen molar-refractivity contribution in [2.45, 2.75) is 175 Å². The zero-order valence-electron chi connectivity index (χ0n) is 35.4. The Bertz CT molecular complexity index is 1520. The maximum Gasteiger partial charge on any atom is 0.410 e. The number of hydrogen-bond acceptors (Lipinski definition) is 9. The normalized spacial score (nSPS) is 47.0. The Hall–Kier alpha value is -1.50. The van der Waals surface area contributed by atoms with E-state index >= 15 is 0 Å². The van der Waals surface area contributed by atoms with Gasteiger partial charge in [0.25, 0.3) is 0 Å². The van der Waals surface area contributed by atoms with Crippen molar-refractivity contribution in [1.29, 1.82) is 0 Å². The predicted octanol–water partition coefficient (Wildman–Crippen LogP) is 5.76. The Morgan fingerprint density at radius 2 is 1.60 bits per heavy atom. The molecule has 2 spiro atoms. The summed E-state index contributed by atoms with van der Waals surface area (Å²) in [5.41, 5.74) is -1.79. The number of hydrogen-bond donors (Lipinski definition) is 3. The molecule has 0 radical (unpaired) electrons. The molecule has 8 rings (SSSR count). The summed E-state index contributed by atoms with van der Waals surface area (Å²) in [7, 11) is 0. The molecule has 2 amide bonds. The Morgan fingerprint density at radius 1 is 0.927 bits per heavy atom. The molecule has 5 saturated carbocycles. The monoisotopic (exact) mass is 773 g/mol. The molecule has 5 aliphatic carbocycles. The van der Waals surface area contributed by atoms with E-state index in [0.717, 1.165) is 32.1 Å². The highest BCUT2D eigenvalue weighted by molar-refractivity contribution is 5.77. The number of likely N-dealkylation sites (tertiary alicyclic amines) is 1. The third kappa shape index (κ3) is 5.99. The number of aliphatic hydroxyl groups is 3. The number of amides is 2. The van der Waals surface area contributed by atoms with Crippen LogP contribution >= 0.6 is 0 Å². The summed E-state index contributed by atoms with van der Waals surface area (Å²) >= 11 is 0. The van der Waals surface area contributed by atoms with Crippen LogP contribution in [0.4, 0.5) is 4.79 Å². The summed E-state index contributed by atoms with van der Waals surface area (Å²) in [4.78, 5) is 29.4. The lowest BCUT2D eigenvalue weighted by atomic mass is 9.41. The molecule has 312 valence electrons. The Balaban J connectivity index is 0.915. The van der Waals surface area contributed by atoms with Crippen molar-refractivity contribution in [2.24, 2.45) is 56.7 Å².